The number of ether oxygens (including phenoxy) is 1. The molecule has 3 N–H and O–H groups in total. The van der Waals surface area contributed by atoms with Gasteiger partial charge >= 0.3 is 0 Å². The van der Waals surface area contributed by atoms with Crippen molar-refractivity contribution in [2.75, 3.05) is 17.6 Å². The fraction of sp³-hybridized carbons (Fsp3) is 0.0909. The number of nitrogen functional groups attached to an aromatic ring is 1. The zero-order valence-electron chi connectivity index (χ0n) is 9.88. The molecule has 0 atom stereocenters. The molecule has 0 aliphatic heterocycles. The lowest BCUT2D eigenvalue weighted by atomic mass is 10.2. The first-order chi connectivity index (χ1) is 8.92. The number of hydrogen-bond donors (Lipinski definition) is 2. The van der Waals surface area contributed by atoms with Gasteiger partial charge in [-0.2, -0.15) is 0 Å². The van der Waals surface area contributed by atoms with E-state index in [1.165, 1.54) is 25.3 Å². The number of thiophene rings is 1. The summed E-state index contributed by atoms with van der Waals surface area (Å²) in [6.45, 7) is 0. The molecule has 0 aliphatic carbocycles. The average Bonchev–Trinajstić information content (AvgIpc) is 2.76. The van der Waals surface area contributed by atoms with Gasteiger partial charge in [0.05, 0.1) is 22.8 Å². The minimum Gasteiger partial charge on any atom is -0.495 e. The van der Waals surface area contributed by atoms with E-state index in [4.69, 9.17) is 22.1 Å². The molecule has 5 nitrogen and oxygen atoms in total. The highest BCUT2D eigenvalue weighted by Gasteiger charge is 2.17. The van der Waals surface area contributed by atoms with Gasteiger partial charge in [0, 0.05) is 0 Å². The SMILES string of the molecule is COc1ccc(NS(=O)(=O)c2ccc(Cl)s2)cc1N. The number of rotatable bonds is 4. The van der Waals surface area contributed by atoms with Gasteiger partial charge in [-0.1, -0.05) is 11.6 Å². The molecule has 0 saturated carbocycles. The molecule has 102 valence electrons. The molecule has 8 heteroatoms. The molecule has 0 fully saturated rings. The first kappa shape index (κ1) is 14.0. The number of benzene rings is 1. The van der Waals surface area contributed by atoms with Crippen molar-refractivity contribution in [3.05, 3.63) is 34.7 Å². The second-order valence-electron chi connectivity index (χ2n) is 3.62. The Morgan fingerprint density at radius 3 is 2.58 bits per heavy atom. The van der Waals surface area contributed by atoms with Crippen LogP contribution in [0, 0.1) is 0 Å². The highest BCUT2D eigenvalue weighted by Crippen LogP contribution is 2.29. The monoisotopic (exact) mass is 318 g/mol. The molecule has 1 heterocycles. The molecular weight excluding hydrogens is 308 g/mol. The second kappa shape index (κ2) is 5.28. The molecule has 1 aromatic heterocycles. The molecule has 0 bridgehead atoms. The van der Waals surface area contributed by atoms with Gasteiger partial charge in [0.25, 0.3) is 10.0 Å². The summed E-state index contributed by atoms with van der Waals surface area (Å²) in [4.78, 5) is 0. The Labute approximate surface area is 120 Å². The van der Waals surface area contributed by atoms with Gasteiger partial charge in [-0.05, 0) is 30.3 Å². The standard InChI is InChI=1S/C11H11ClN2O3S2/c1-17-9-3-2-7(6-8(9)13)14-19(15,16)11-5-4-10(12)18-11/h2-6,14H,13H2,1H3. The van der Waals surface area contributed by atoms with E-state index in [-0.39, 0.29) is 4.21 Å². The molecule has 2 aromatic rings. The van der Waals surface area contributed by atoms with Gasteiger partial charge in [-0.3, -0.25) is 4.72 Å². The normalized spacial score (nSPS) is 11.3. The average molecular weight is 319 g/mol. The maximum absolute atomic E-state index is 12.0. The highest BCUT2D eigenvalue weighted by atomic mass is 35.5. The molecule has 0 unspecified atom stereocenters. The third kappa shape index (κ3) is 3.12. The van der Waals surface area contributed by atoms with Crippen LogP contribution in [-0.4, -0.2) is 15.5 Å². The lowest BCUT2D eigenvalue weighted by Gasteiger charge is -2.09. The summed E-state index contributed by atoms with van der Waals surface area (Å²) in [5, 5.41) is 0. The van der Waals surface area contributed by atoms with Crippen molar-refractivity contribution >= 4 is 44.3 Å². The lowest BCUT2D eigenvalue weighted by molar-refractivity contribution is 0.417. The van der Waals surface area contributed by atoms with Crippen LogP contribution in [0.4, 0.5) is 11.4 Å². The third-order valence-electron chi connectivity index (χ3n) is 2.30. The van der Waals surface area contributed by atoms with Crippen LogP contribution >= 0.6 is 22.9 Å². The van der Waals surface area contributed by atoms with Crippen molar-refractivity contribution in [2.24, 2.45) is 0 Å². The molecule has 0 saturated heterocycles. The van der Waals surface area contributed by atoms with Crippen molar-refractivity contribution < 1.29 is 13.2 Å². The van der Waals surface area contributed by atoms with Crippen molar-refractivity contribution in [2.45, 2.75) is 4.21 Å². The van der Waals surface area contributed by atoms with Crippen molar-refractivity contribution in [3.63, 3.8) is 0 Å². The topological polar surface area (TPSA) is 81.4 Å². The third-order valence-corrected chi connectivity index (χ3v) is 5.40. The van der Waals surface area contributed by atoms with Crippen LogP contribution in [0.5, 0.6) is 5.75 Å². The second-order valence-corrected chi connectivity index (χ2v) is 7.25. The molecule has 1 aromatic carbocycles. The molecular formula is C11H11ClN2O3S2. The Bertz CT molecular complexity index is 698. The van der Waals surface area contributed by atoms with E-state index in [9.17, 15) is 8.42 Å². The Morgan fingerprint density at radius 1 is 1.32 bits per heavy atom. The summed E-state index contributed by atoms with van der Waals surface area (Å²) in [5.74, 6) is 0.488. The number of anilines is 2. The van der Waals surface area contributed by atoms with Gasteiger partial charge in [-0.15, -0.1) is 11.3 Å². The summed E-state index contributed by atoms with van der Waals surface area (Å²) in [6, 6.07) is 7.63. The number of halogens is 1. The minimum absolute atomic E-state index is 0.145. The molecule has 0 spiro atoms. The minimum atomic E-state index is -3.64. The first-order valence-electron chi connectivity index (χ1n) is 5.14. The molecule has 0 aliphatic rings. The number of sulfonamides is 1. The fourth-order valence-electron chi connectivity index (χ4n) is 1.45. The van der Waals surface area contributed by atoms with E-state index in [0.29, 0.717) is 21.5 Å². The fourth-order valence-corrected chi connectivity index (χ4v) is 3.98. The predicted octanol–water partition coefficient (Wildman–Crippen LogP) is 2.79. The Balaban J connectivity index is 2.28. The largest absolute Gasteiger partial charge is 0.495 e. The summed E-state index contributed by atoms with van der Waals surface area (Å²) in [7, 11) is -2.15. The van der Waals surface area contributed by atoms with Crippen LogP contribution < -0.4 is 15.2 Å². The summed E-state index contributed by atoms with van der Waals surface area (Å²) >= 11 is 6.71. The van der Waals surface area contributed by atoms with Gasteiger partial charge in [0.2, 0.25) is 0 Å². The van der Waals surface area contributed by atoms with E-state index >= 15 is 0 Å². The van der Waals surface area contributed by atoms with Crippen molar-refractivity contribution in [3.8, 4) is 5.75 Å². The van der Waals surface area contributed by atoms with E-state index in [1.807, 2.05) is 0 Å². The Kier molecular flexibility index (Phi) is 3.88. The number of nitrogens with one attached hydrogen (secondary N) is 1. The first-order valence-corrected chi connectivity index (χ1v) is 7.82. The van der Waals surface area contributed by atoms with Gasteiger partial charge in [0.15, 0.2) is 0 Å². The lowest BCUT2D eigenvalue weighted by Crippen LogP contribution is -2.11. The quantitative estimate of drug-likeness (QED) is 0.849. The van der Waals surface area contributed by atoms with Gasteiger partial charge in [0.1, 0.15) is 9.96 Å². The molecule has 2 rings (SSSR count). The summed E-state index contributed by atoms with van der Waals surface area (Å²) in [5.41, 5.74) is 6.43. The number of hydrogen-bond acceptors (Lipinski definition) is 5. The Hall–Kier alpha value is -1.44. The van der Waals surface area contributed by atoms with Crippen LogP contribution in [-0.2, 0) is 10.0 Å². The summed E-state index contributed by atoms with van der Waals surface area (Å²) < 4.78 is 32.1. The van der Waals surface area contributed by atoms with Gasteiger partial charge < -0.3 is 10.5 Å². The van der Waals surface area contributed by atoms with Crippen LogP contribution in [0.15, 0.2) is 34.5 Å². The maximum Gasteiger partial charge on any atom is 0.271 e. The number of methoxy groups -OCH3 is 1. The molecule has 0 amide bonds. The van der Waals surface area contributed by atoms with Crippen molar-refractivity contribution in [1.82, 2.24) is 0 Å². The predicted molar refractivity (Wildman–Crippen MR) is 77.5 cm³/mol. The van der Waals surface area contributed by atoms with Crippen molar-refractivity contribution in [1.29, 1.82) is 0 Å². The van der Waals surface area contributed by atoms with E-state index in [2.05, 4.69) is 4.72 Å². The number of nitrogens with two attached hydrogens (primary N) is 1. The zero-order chi connectivity index (χ0) is 14.0. The van der Waals surface area contributed by atoms with E-state index < -0.39 is 10.0 Å². The van der Waals surface area contributed by atoms with E-state index in [1.54, 1.807) is 12.1 Å². The van der Waals surface area contributed by atoms with Crippen LogP contribution in [0.25, 0.3) is 0 Å². The zero-order valence-corrected chi connectivity index (χ0v) is 12.3. The van der Waals surface area contributed by atoms with Crippen LogP contribution in [0.3, 0.4) is 0 Å². The van der Waals surface area contributed by atoms with Gasteiger partial charge in [-0.25, -0.2) is 8.42 Å². The molecule has 19 heavy (non-hydrogen) atoms. The smallest absolute Gasteiger partial charge is 0.271 e. The Morgan fingerprint density at radius 2 is 2.05 bits per heavy atom. The van der Waals surface area contributed by atoms with Crippen LogP contribution in [0.1, 0.15) is 0 Å². The van der Waals surface area contributed by atoms with Crippen LogP contribution in [0.2, 0.25) is 4.34 Å². The van der Waals surface area contributed by atoms with E-state index in [0.717, 1.165) is 11.3 Å². The highest BCUT2D eigenvalue weighted by molar-refractivity contribution is 7.94. The molecule has 0 radical (unpaired) electrons. The summed E-state index contributed by atoms with van der Waals surface area (Å²) in [6.07, 6.45) is 0. The maximum atomic E-state index is 12.0.